The molecule has 1 saturated heterocycles. The third-order valence-electron chi connectivity index (χ3n) is 4.90. The average molecular weight is 450 g/mol. The molecule has 0 spiro atoms. The van der Waals surface area contributed by atoms with Gasteiger partial charge in [-0.25, -0.2) is 13.1 Å². The van der Waals surface area contributed by atoms with Crippen LogP contribution in [0.3, 0.4) is 0 Å². The largest absolute Gasteiger partial charge is 0.339 e. The summed E-state index contributed by atoms with van der Waals surface area (Å²) in [5, 5.41) is 1.89. The molecule has 0 saturated carbocycles. The van der Waals surface area contributed by atoms with E-state index in [4.69, 9.17) is 0 Å². The normalized spacial score (nSPS) is 15.3. The van der Waals surface area contributed by atoms with Crippen molar-refractivity contribution in [2.24, 2.45) is 5.41 Å². The molecule has 3 rings (SSSR count). The Kier molecular flexibility index (Phi) is 6.64. The zero-order chi connectivity index (χ0) is 21.9. The van der Waals surface area contributed by atoms with Gasteiger partial charge in [0, 0.05) is 48.6 Å². The molecule has 1 fully saturated rings. The number of hydrogen-bond acceptors (Lipinski definition) is 5. The molecule has 0 bridgehead atoms. The van der Waals surface area contributed by atoms with E-state index < -0.39 is 15.4 Å². The molecule has 0 unspecified atom stereocenters. The van der Waals surface area contributed by atoms with Gasteiger partial charge in [0.2, 0.25) is 15.9 Å². The number of nitrogens with zero attached hydrogens (tertiary/aromatic N) is 2. The second-order valence-electron chi connectivity index (χ2n) is 8.27. The highest BCUT2D eigenvalue weighted by Crippen LogP contribution is 2.20. The lowest BCUT2D eigenvalue weighted by Crippen LogP contribution is -2.53. The lowest BCUT2D eigenvalue weighted by atomic mass is 9.94. The van der Waals surface area contributed by atoms with Gasteiger partial charge in [0.05, 0.1) is 4.90 Å². The topological polar surface area (TPSA) is 86.8 Å². The fourth-order valence-electron chi connectivity index (χ4n) is 3.23. The molecule has 9 heteroatoms. The van der Waals surface area contributed by atoms with E-state index in [0.717, 1.165) is 4.88 Å². The van der Waals surface area contributed by atoms with Gasteiger partial charge in [-0.05, 0) is 29.6 Å². The van der Waals surface area contributed by atoms with Crippen LogP contribution in [-0.4, -0.2) is 56.2 Å². The standard InChI is InChI=1S/C21H27N3O4S2/c1-21(2,3)20(26)24-11-9-23(10-12-24)19(25)16-6-4-8-18(14-16)30(27,28)22-15-17-7-5-13-29-17/h4-8,13-14,22H,9-12,15H2,1-3H3. The van der Waals surface area contributed by atoms with Gasteiger partial charge >= 0.3 is 0 Å². The third-order valence-corrected chi connectivity index (χ3v) is 7.18. The number of piperazine rings is 1. The quantitative estimate of drug-likeness (QED) is 0.760. The fourth-order valence-corrected chi connectivity index (χ4v) is 5.02. The molecular formula is C21H27N3O4S2. The van der Waals surface area contributed by atoms with E-state index in [9.17, 15) is 18.0 Å². The van der Waals surface area contributed by atoms with E-state index in [-0.39, 0.29) is 23.3 Å². The Balaban J connectivity index is 1.66. The molecule has 1 aliphatic heterocycles. The predicted molar refractivity (Wildman–Crippen MR) is 117 cm³/mol. The Morgan fingerprint density at radius 3 is 2.30 bits per heavy atom. The van der Waals surface area contributed by atoms with Crippen molar-refractivity contribution in [1.29, 1.82) is 0 Å². The van der Waals surface area contributed by atoms with E-state index in [0.29, 0.717) is 31.7 Å². The van der Waals surface area contributed by atoms with Crippen LogP contribution in [-0.2, 0) is 21.4 Å². The monoisotopic (exact) mass is 449 g/mol. The highest BCUT2D eigenvalue weighted by molar-refractivity contribution is 7.89. The SMILES string of the molecule is CC(C)(C)C(=O)N1CCN(C(=O)c2cccc(S(=O)(=O)NCc3cccs3)c2)CC1. The molecule has 0 radical (unpaired) electrons. The van der Waals surface area contributed by atoms with E-state index in [1.165, 1.54) is 23.5 Å². The highest BCUT2D eigenvalue weighted by Gasteiger charge is 2.31. The van der Waals surface area contributed by atoms with Gasteiger partial charge in [0.1, 0.15) is 0 Å². The first-order chi connectivity index (χ1) is 14.1. The van der Waals surface area contributed by atoms with Crippen LogP contribution < -0.4 is 4.72 Å². The molecule has 0 aliphatic carbocycles. The summed E-state index contributed by atoms with van der Waals surface area (Å²) in [6.07, 6.45) is 0. The van der Waals surface area contributed by atoms with Crippen LogP contribution in [0.25, 0.3) is 0 Å². The van der Waals surface area contributed by atoms with Crippen molar-refractivity contribution in [2.75, 3.05) is 26.2 Å². The van der Waals surface area contributed by atoms with Crippen LogP contribution in [0.1, 0.15) is 36.0 Å². The van der Waals surface area contributed by atoms with Crippen LogP contribution >= 0.6 is 11.3 Å². The molecule has 2 amide bonds. The number of carbonyl (C=O) groups excluding carboxylic acids is 2. The molecule has 1 aromatic heterocycles. The Labute approximate surface area is 181 Å². The number of benzene rings is 1. The summed E-state index contributed by atoms with van der Waals surface area (Å²) in [4.78, 5) is 29.7. The molecule has 2 aromatic rings. The van der Waals surface area contributed by atoms with Gasteiger partial charge in [-0.3, -0.25) is 9.59 Å². The number of hydrogen-bond donors (Lipinski definition) is 1. The minimum atomic E-state index is -3.73. The maximum Gasteiger partial charge on any atom is 0.254 e. The zero-order valence-corrected chi connectivity index (χ0v) is 19.1. The second kappa shape index (κ2) is 8.87. The molecule has 7 nitrogen and oxygen atoms in total. The lowest BCUT2D eigenvalue weighted by Gasteiger charge is -2.37. The summed E-state index contributed by atoms with van der Waals surface area (Å²) < 4.78 is 27.8. The molecule has 1 aliphatic rings. The summed E-state index contributed by atoms with van der Waals surface area (Å²) in [5.74, 6) is -0.160. The summed E-state index contributed by atoms with van der Waals surface area (Å²) in [6.45, 7) is 7.65. The maximum atomic E-state index is 12.9. The first-order valence-corrected chi connectivity index (χ1v) is 12.1. The van der Waals surface area contributed by atoms with Gasteiger partial charge in [-0.1, -0.05) is 32.9 Å². The van der Waals surface area contributed by atoms with E-state index >= 15 is 0 Å². The van der Waals surface area contributed by atoms with Gasteiger partial charge in [0.15, 0.2) is 0 Å². The number of amides is 2. The van der Waals surface area contributed by atoms with Gasteiger partial charge in [0.25, 0.3) is 5.91 Å². The van der Waals surface area contributed by atoms with E-state index in [1.54, 1.807) is 21.9 Å². The first kappa shape index (κ1) is 22.5. The van der Waals surface area contributed by atoms with Crippen molar-refractivity contribution in [1.82, 2.24) is 14.5 Å². The van der Waals surface area contributed by atoms with Gasteiger partial charge in [-0.15, -0.1) is 11.3 Å². The number of sulfonamides is 1. The maximum absolute atomic E-state index is 12.9. The van der Waals surface area contributed by atoms with Gasteiger partial charge < -0.3 is 9.80 Å². The third kappa shape index (κ3) is 5.27. The van der Waals surface area contributed by atoms with Crippen molar-refractivity contribution in [3.63, 3.8) is 0 Å². The molecule has 2 heterocycles. The van der Waals surface area contributed by atoms with Crippen molar-refractivity contribution < 1.29 is 18.0 Å². The zero-order valence-electron chi connectivity index (χ0n) is 17.4. The van der Waals surface area contributed by atoms with Crippen LogP contribution in [0.15, 0.2) is 46.7 Å². The van der Waals surface area contributed by atoms with E-state index in [2.05, 4.69) is 4.72 Å². The Hall–Kier alpha value is -2.23. The molecule has 162 valence electrons. The van der Waals surface area contributed by atoms with Crippen molar-refractivity contribution >= 4 is 33.2 Å². The molecule has 1 N–H and O–H groups in total. The van der Waals surface area contributed by atoms with Crippen LogP contribution in [0.5, 0.6) is 0 Å². The Bertz CT molecular complexity index is 1000. The van der Waals surface area contributed by atoms with Crippen LogP contribution in [0.2, 0.25) is 0 Å². The molecule has 0 atom stereocenters. The molecule has 30 heavy (non-hydrogen) atoms. The number of nitrogens with one attached hydrogen (secondary N) is 1. The first-order valence-electron chi connectivity index (χ1n) is 9.79. The van der Waals surface area contributed by atoms with Crippen molar-refractivity contribution in [2.45, 2.75) is 32.2 Å². The van der Waals surface area contributed by atoms with Gasteiger partial charge in [-0.2, -0.15) is 0 Å². The summed E-state index contributed by atoms with van der Waals surface area (Å²) in [7, 11) is -3.73. The number of carbonyl (C=O) groups is 2. The van der Waals surface area contributed by atoms with Crippen LogP contribution in [0, 0.1) is 5.41 Å². The van der Waals surface area contributed by atoms with Crippen molar-refractivity contribution in [3.8, 4) is 0 Å². The minimum absolute atomic E-state index is 0.0615. The second-order valence-corrected chi connectivity index (χ2v) is 11.1. The highest BCUT2D eigenvalue weighted by atomic mass is 32.2. The fraction of sp³-hybridized carbons (Fsp3) is 0.429. The summed E-state index contributed by atoms with van der Waals surface area (Å²) in [5.41, 5.74) is -0.130. The van der Waals surface area contributed by atoms with E-state index in [1.807, 2.05) is 38.3 Å². The molecular weight excluding hydrogens is 422 g/mol. The molecule has 1 aromatic carbocycles. The average Bonchev–Trinajstić information content (AvgIpc) is 3.25. The Morgan fingerprint density at radius 1 is 1.03 bits per heavy atom. The predicted octanol–water partition coefficient (Wildman–Crippen LogP) is 2.56. The number of rotatable bonds is 5. The summed E-state index contributed by atoms with van der Waals surface area (Å²) >= 11 is 1.47. The van der Waals surface area contributed by atoms with Crippen molar-refractivity contribution in [3.05, 3.63) is 52.2 Å². The summed E-state index contributed by atoms with van der Waals surface area (Å²) in [6, 6.07) is 9.80. The number of thiophene rings is 1. The Morgan fingerprint density at radius 2 is 1.70 bits per heavy atom. The van der Waals surface area contributed by atoms with Crippen LogP contribution in [0.4, 0.5) is 0 Å². The lowest BCUT2D eigenvalue weighted by molar-refractivity contribution is -0.140. The smallest absolute Gasteiger partial charge is 0.254 e. The minimum Gasteiger partial charge on any atom is -0.339 e.